The Hall–Kier alpha value is -2.17. The highest BCUT2D eigenvalue weighted by atomic mass is 19.4. The summed E-state index contributed by atoms with van der Waals surface area (Å²) in [5.74, 6) is -0.622. The Morgan fingerprint density at radius 3 is 2.42 bits per heavy atom. The first kappa shape index (κ1) is 22.0. The maximum Gasteiger partial charge on any atom is 0.416 e. The van der Waals surface area contributed by atoms with Crippen LogP contribution in [0.15, 0.2) is 48.6 Å². The van der Waals surface area contributed by atoms with Crippen molar-refractivity contribution in [3.8, 4) is 0 Å². The Morgan fingerprint density at radius 2 is 1.74 bits per heavy atom. The Labute approximate surface area is 180 Å². The molecule has 2 aliphatic rings. The molecule has 0 nitrogen and oxygen atoms in total. The van der Waals surface area contributed by atoms with Crippen LogP contribution in [0.25, 0.3) is 0 Å². The number of halogens is 5. The highest BCUT2D eigenvalue weighted by Gasteiger charge is 2.43. The Bertz CT molecular complexity index is 942. The van der Waals surface area contributed by atoms with Gasteiger partial charge in [0.05, 0.1) is 5.56 Å². The second-order valence-corrected chi connectivity index (χ2v) is 8.87. The fourth-order valence-electron chi connectivity index (χ4n) is 5.67. The molecule has 4 atom stereocenters. The molecular weight excluding hydrogens is 407 g/mol. The van der Waals surface area contributed by atoms with Gasteiger partial charge in [0.25, 0.3) is 0 Å². The standard InChI is InChI=1S/C26H27F5/c1-2-3-4-5-16-8-11-20-22(13-12-21-23(20)14-19(27)15-24(21)28)25(16)17-6-9-18(10-7-17)26(29,30)31/h4-7,9-10,14-16,20,22,25H,2-3,8,11-13H2,1H3/b5-4+/t16-,20-,22+,25-/m1/s1. The predicted molar refractivity (Wildman–Crippen MR) is 112 cm³/mol. The molecule has 0 N–H and O–H groups in total. The van der Waals surface area contributed by atoms with E-state index in [1.807, 2.05) is 0 Å². The maximum atomic E-state index is 14.4. The molecule has 0 spiro atoms. The van der Waals surface area contributed by atoms with Gasteiger partial charge in [0.15, 0.2) is 0 Å². The minimum absolute atomic E-state index is 0.0251. The van der Waals surface area contributed by atoms with Crippen LogP contribution in [-0.2, 0) is 12.6 Å². The van der Waals surface area contributed by atoms with E-state index in [1.165, 1.54) is 6.07 Å². The van der Waals surface area contributed by atoms with E-state index in [4.69, 9.17) is 0 Å². The summed E-state index contributed by atoms with van der Waals surface area (Å²) in [6, 6.07) is 7.91. The zero-order valence-corrected chi connectivity index (χ0v) is 17.6. The van der Waals surface area contributed by atoms with Crippen LogP contribution in [0.2, 0.25) is 0 Å². The zero-order valence-electron chi connectivity index (χ0n) is 17.6. The van der Waals surface area contributed by atoms with Crippen LogP contribution in [0.4, 0.5) is 22.0 Å². The number of benzene rings is 2. The predicted octanol–water partition coefficient (Wildman–Crippen LogP) is 8.18. The molecular formula is C26H27F5. The van der Waals surface area contributed by atoms with E-state index < -0.39 is 23.4 Å². The number of rotatable bonds is 4. The zero-order chi connectivity index (χ0) is 22.2. The summed E-state index contributed by atoms with van der Waals surface area (Å²) in [5, 5.41) is 0. The van der Waals surface area contributed by atoms with Gasteiger partial charge in [-0.25, -0.2) is 8.78 Å². The second-order valence-electron chi connectivity index (χ2n) is 8.87. The molecule has 0 amide bonds. The average molecular weight is 434 g/mol. The van der Waals surface area contributed by atoms with Crippen molar-refractivity contribution < 1.29 is 22.0 Å². The lowest BCUT2D eigenvalue weighted by molar-refractivity contribution is -0.137. The summed E-state index contributed by atoms with van der Waals surface area (Å²) in [7, 11) is 0. The Morgan fingerprint density at radius 1 is 1.00 bits per heavy atom. The van der Waals surface area contributed by atoms with Crippen molar-refractivity contribution in [3.63, 3.8) is 0 Å². The van der Waals surface area contributed by atoms with Crippen LogP contribution in [0.1, 0.15) is 73.1 Å². The lowest BCUT2D eigenvalue weighted by Gasteiger charge is -2.46. The summed E-state index contributed by atoms with van der Waals surface area (Å²) in [5.41, 5.74) is 1.59. The van der Waals surface area contributed by atoms with Crippen molar-refractivity contribution in [2.75, 3.05) is 0 Å². The molecule has 1 saturated carbocycles. The molecule has 0 heterocycles. The molecule has 31 heavy (non-hydrogen) atoms. The molecule has 2 aromatic carbocycles. The van der Waals surface area contributed by atoms with Crippen molar-refractivity contribution in [2.24, 2.45) is 11.8 Å². The highest BCUT2D eigenvalue weighted by molar-refractivity contribution is 5.39. The van der Waals surface area contributed by atoms with E-state index in [1.54, 1.807) is 12.1 Å². The van der Waals surface area contributed by atoms with Gasteiger partial charge < -0.3 is 0 Å². The van der Waals surface area contributed by atoms with Gasteiger partial charge in [-0.05, 0) is 90.7 Å². The van der Waals surface area contributed by atoms with E-state index in [-0.39, 0.29) is 23.7 Å². The number of hydrogen-bond acceptors (Lipinski definition) is 0. The van der Waals surface area contributed by atoms with Crippen LogP contribution in [0.5, 0.6) is 0 Å². The second kappa shape index (κ2) is 8.76. The summed E-state index contributed by atoms with van der Waals surface area (Å²) in [6.07, 6.45) is 4.98. The highest BCUT2D eigenvalue weighted by Crippen LogP contribution is 2.54. The quantitative estimate of drug-likeness (QED) is 0.336. The molecule has 166 valence electrons. The van der Waals surface area contributed by atoms with Crippen molar-refractivity contribution in [3.05, 3.63) is 82.4 Å². The molecule has 4 rings (SSSR count). The van der Waals surface area contributed by atoms with Gasteiger partial charge in [0.2, 0.25) is 0 Å². The van der Waals surface area contributed by atoms with Crippen molar-refractivity contribution in [1.82, 2.24) is 0 Å². The molecule has 2 aliphatic carbocycles. The molecule has 1 fully saturated rings. The fraction of sp³-hybridized carbons (Fsp3) is 0.462. The molecule has 0 radical (unpaired) electrons. The molecule has 0 bridgehead atoms. The summed E-state index contributed by atoms with van der Waals surface area (Å²) in [6.45, 7) is 2.11. The van der Waals surface area contributed by atoms with Gasteiger partial charge in [0.1, 0.15) is 11.6 Å². The number of hydrogen-bond donors (Lipinski definition) is 0. The first-order valence-corrected chi connectivity index (χ1v) is 11.1. The monoisotopic (exact) mass is 434 g/mol. The fourth-order valence-corrected chi connectivity index (χ4v) is 5.67. The van der Waals surface area contributed by atoms with Gasteiger partial charge in [-0.15, -0.1) is 0 Å². The maximum absolute atomic E-state index is 14.4. The lowest BCUT2D eigenvalue weighted by Crippen LogP contribution is -2.35. The molecule has 0 unspecified atom stereocenters. The molecule has 2 aromatic rings. The molecule has 0 aromatic heterocycles. The smallest absolute Gasteiger partial charge is 0.207 e. The normalized spacial score (nSPS) is 26.0. The topological polar surface area (TPSA) is 0 Å². The summed E-state index contributed by atoms with van der Waals surface area (Å²) < 4.78 is 67.6. The molecule has 5 heteroatoms. The van der Waals surface area contributed by atoms with Gasteiger partial charge in [-0.2, -0.15) is 13.2 Å². The third-order valence-electron chi connectivity index (χ3n) is 7.03. The van der Waals surface area contributed by atoms with E-state index in [0.717, 1.165) is 61.4 Å². The number of unbranched alkanes of at least 4 members (excludes halogenated alkanes) is 1. The third-order valence-corrected chi connectivity index (χ3v) is 7.03. The number of fused-ring (bicyclic) bond motifs is 3. The van der Waals surface area contributed by atoms with Crippen LogP contribution >= 0.6 is 0 Å². The van der Waals surface area contributed by atoms with E-state index in [0.29, 0.717) is 12.0 Å². The summed E-state index contributed by atoms with van der Waals surface area (Å²) >= 11 is 0. The number of allylic oxidation sites excluding steroid dienone is 2. The Kier molecular flexibility index (Phi) is 6.23. The number of alkyl halides is 3. The lowest BCUT2D eigenvalue weighted by atomic mass is 9.58. The van der Waals surface area contributed by atoms with E-state index in [9.17, 15) is 22.0 Å². The first-order valence-electron chi connectivity index (χ1n) is 11.1. The minimum Gasteiger partial charge on any atom is -0.207 e. The van der Waals surface area contributed by atoms with Crippen molar-refractivity contribution >= 4 is 0 Å². The van der Waals surface area contributed by atoms with Crippen molar-refractivity contribution in [2.45, 2.75) is 63.5 Å². The van der Waals surface area contributed by atoms with Crippen LogP contribution < -0.4 is 0 Å². The molecule has 0 aliphatic heterocycles. The summed E-state index contributed by atoms with van der Waals surface area (Å²) in [4.78, 5) is 0. The molecule has 0 saturated heterocycles. The first-order chi connectivity index (χ1) is 14.8. The van der Waals surface area contributed by atoms with Crippen LogP contribution in [0, 0.1) is 23.5 Å². The van der Waals surface area contributed by atoms with Crippen LogP contribution in [0.3, 0.4) is 0 Å². The third kappa shape index (κ3) is 4.42. The largest absolute Gasteiger partial charge is 0.416 e. The average Bonchev–Trinajstić information content (AvgIpc) is 2.73. The minimum atomic E-state index is -4.37. The van der Waals surface area contributed by atoms with Crippen LogP contribution in [-0.4, -0.2) is 0 Å². The van der Waals surface area contributed by atoms with Crippen molar-refractivity contribution in [1.29, 1.82) is 0 Å². The SMILES string of the molecule is CCC/C=C/[C@@H]1CC[C@H]2c3cc(F)cc(F)c3CC[C@@H]2[C@H]1c1ccc(C(F)(F)F)cc1. The van der Waals surface area contributed by atoms with E-state index in [2.05, 4.69) is 19.1 Å². The van der Waals surface area contributed by atoms with Gasteiger partial charge in [-0.1, -0.05) is 37.6 Å². The Balaban J connectivity index is 1.72. The van der Waals surface area contributed by atoms with Gasteiger partial charge >= 0.3 is 6.18 Å². The van der Waals surface area contributed by atoms with Gasteiger partial charge in [0, 0.05) is 6.07 Å². The van der Waals surface area contributed by atoms with E-state index >= 15 is 0 Å². The van der Waals surface area contributed by atoms with Gasteiger partial charge in [-0.3, -0.25) is 0 Å².